The molecular weight excluding hydrogens is 425 g/mol. The molecule has 2 aliphatic carbocycles. The largest absolute Gasteiger partial charge is 0.445 e. The lowest BCUT2D eigenvalue weighted by Crippen LogP contribution is -2.62. The first-order valence-electron chi connectivity index (χ1n) is 12.5. The second-order valence-corrected chi connectivity index (χ2v) is 10.1. The molecule has 2 bridgehead atoms. The van der Waals surface area contributed by atoms with E-state index in [9.17, 15) is 9.18 Å². The van der Waals surface area contributed by atoms with Crippen molar-refractivity contribution in [3.05, 3.63) is 95.3 Å². The van der Waals surface area contributed by atoms with Crippen LogP contribution in [0.2, 0.25) is 0 Å². The highest BCUT2D eigenvalue weighted by atomic mass is 19.1. The van der Waals surface area contributed by atoms with Gasteiger partial charge >= 0.3 is 6.09 Å². The van der Waals surface area contributed by atoms with Gasteiger partial charge in [-0.25, -0.2) is 9.18 Å². The van der Waals surface area contributed by atoms with Gasteiger partial charge in [-0.05, 0) is 71.6 Å². The molecule has 1 aliphatic heterocycles. The number of hydrogen-bond acceptors (Lipinski definition) is 2. The first-order chi connectivity index (χ1) is 16.6. The van der Waals surface area contributed by atoms with Crippen LogP contribution in [0.5, 0.6) is 0 Å². The van der Waals surface area contributed by atoms with E-state index in [-0.39, 0.29) is 23.4 Å². The van der Waals surface area contributed by atoms with Crippen molar-refractivity contribution < 1.29 is 13.9 Å². The van der Waals surface area contributed by atoms with Crippen molar-refractivity contribution in [2.24, 2.45) is 5.92 Å². The van der Waals surface area contributed by atoms with Crippen LogP contribution in [0.25, 0.3) is 11.1 Å². The molecule has 1 saturated carbocycles. The number of ether oxygens (including phenoxy) is 1. The fourth-order valence-corrected chi connectivity index (χ4v) is 6.86. The van der Waals surface area contributed by atoms with Crippen molar-refractivity contribution in [2.45, 2.75) is 56.6 Å². The number of nitrogens with zero attached hydrogens (tertiary/aromatic N) is 1. The third-order valence-corrected chi connectivity index (χ3v) is 8.45. The second-order valence-electron chi connectivity index (χ2n) is 10.1. The zero-order valence-corrected chi connectivity index (χ0v) is 19.4. The fraction of sp³-hybridized carbons (Fsp3) is 0.367. The number of benzene rings is 3. The minimum atomic E-state index is -0.206. The van der Waals surface area contributed by atoms with E-state index >= 15 is 0 Å². The number of likely N-dealkylation sites (tertiary alicyclic amines) is 1. The number of piperidine rings is 1. The summed E-state index contributed by atoms with van der Waals surface area (Å²) in [7, 11) is 0. The molecule has 4 heteroatoms. The van der Waals surface area contributed by atoms with Gasteiger partial charge in [-0.1, -0.05) is 73.5 Å². The summed E-state index contributed by atoms with van der Waals surface area (Å²) in [6.45, 7) is 1.06. The second kappa shape index (κ2) is 8.57. The third-order valence-electron chi connectivity index (χ3n) is 8.45. The maximum Gasteiger partial charge on any atom is 0.410 e. The Morgan fingerprint density at radius 1 is 0.971 bits per heavy atom. The molecule has 2 fully saturated rings. The van der Waals surface area contributed by atoms with Gasteiger partial charge in [0.25, 0.3) is 0 Å². The summed E-state index contributed by atoms with van der Waals surface area (Å²) in [5.74, 6) is 0.261. The lowest BCUT2D eigenvalue weighted by Gasteiger charge is -2.58. The van der Waals surface area contributed by atoms with Crippen LogP contribution in [0.4, 0.5) is 9.18 Å². The van der Waals surface area contributed by atoms with Crippen LogP contribution in [0.3, 0.4) is 0 Å². The maximum absolute atomic E-state index is 13.5. The van der Waals surface area contributed by atoms with Crippen LogP contribution in [0, 0.1) is 11.7 Å². The van der Waals surface area contributed by atoms with E-state index in [1.807, 2.05) is 47.4 Å². The van der Waals surface area contributed by atoms with Gasteiger partial charge in [-0.3, -0.25) is 0 Å². The number of halogens is 1. The average molecular weight is 456 g/mol. The monoisotopic (exact) mass is 455 g/mol. The van der Waals surface area contributed by atoms with Crippen molar-refractivity contribution in [1.29, 1.82) is 0 Å². The van der Waals surface area contributed by atoms with E-state index < -0.39 is 0 Å². The van der Waals surface area contributed by atoms with Gasteiger partial charge < -0.3 is 9.64 Å². The Kier molecular flexibility index (Phi) is 5.40. The molecule has 3 aliphatic rings. The minimum absolute atomic E-state index is 0.128. The van der Waals surface area contributed by atoms with Crippen LogP contribution in [0.1, 0.15) is 48.8 Å². The Hall–Kier alpha value is -3.14. The Morgan fingerprint density at radius 3 is 2.59 bits per heavy atom. The van der Waals surface area contributed by atoms with Gasteiger partial charge in [-0.15, -0.1) is 0 Å². The minimum Gasteiger partial charge on any atom is -0.445 e. The Labute approximate surface area is 200 Å². The summed E-state index contributed by atoms with van der Waals surface area (Å²) >= 11 is 0. The smallest absolute Gasteiger partial charge is 0.410 e. The molecule has 1 unspecified atom stereocenters. The number of rotatable bonds is 3. The average Bonchev–Trinajstić information content (AvgIpc) is 2.88. The van der Waals surface area contributed by atoms with Gasteiger partial charge in [0.1, 0.15) is 12.4 Å². The summed E-state index contributed by atoms with van der Waals surface area (Å²) in [6, 6.07) is 23.6. The lowest BCUT2D eigenvalue weighted by atomic mass is 9.52. The van der Waals surface area contributed by atoms with Gasteiger partial charge in [0.05, 0.1) is 0 Å². The Morgan fingerprint density at radius 2 is 1.76 bits per heavy atom. The van der Waals surface area contributed by atoms with Crippen molar-refractivity contribution >= 4 is 6.09 Å². The van der Waals surface area contributed by atoms with Crippen LogP contribution >= 0.6 is 0 Å². The van der Waals surface area contributed by atoms with E-state index in [1.165, 1.54) is 42.5 Å². The van der Waals surface area contributed by atoms with Gasteiger partial charge in [-0.2, -0.15) is 0 Å². The van der Waals surface area contributed by atoms with E-state index in [1.54, 1.807) is 0 Å². The number of hydrogen-bond donors (Lipinski definition) is 0. The molecule has 3 aromatic rings. The SMILES string of the molecule is O=C(OCc1ccccc1)N1CCC23CCCC[C@@H]2[C@H]1Cc1ccc(-c2ccc(F)cc2)cc13. The van der Waals surface area contributed by atoms with E-state index in [4.69, 9.17) is 4.74 Å². The highest BCUT2D eigenvalue weighted by Gasteiger charge is 2.55. The molecule has 0 aromatic heterocycles. The Bertz CT molecular complexity index is 1190. The van der Waals surface area contributed by atoms with Crippen LogP contribution in [-0.2, 0) is 23.2 Å². The standard InChI is InChI=1S/C30H30FNO2/c31-25-13-11-22(12-14-25)23-9-10-24-19-28-26-8-4-5-15-30(26,27(24)18-23)16-17-32(28)29(33)34-20-21-6-2-1-3-7-21/h1-3,6-7,9-14,18,26,28H,4-5,8,15-17,19-20H2/t26-,28-,30?/m1/s1. The predicted molar refractivity (Wildman–Crippen MR) is 131 cm³/mol. The first-order valence-corrected chi connectivity index (χ1v) is 12.5. The number of carbonyl (C=O) groups excluding carboxylic acids is 1. The predicted octanol–water partition coefficient (Wildman–Crippen LogP) is 6.89. The Balaban J connectivity index is 1.30. The molecule has 0 spiro atoms. The van der Waals surface area contributed by atoms with E-state index in [0.29, 0.717) is 12.5 Å². The summed E-state index contributed by atoms with van der Waals surface area (Å²) in [5.41, 5.74) is 6.17. The fourth-order valence-electron chi connectivity index (χ4n) is 6.86. The molecule has 1 saturated heterocycles. The molecule has 6 rings (SSSR count). The molecular formula is C30H30FNO2. The molecule has 3 aromatic carbocycles. The summed E-state index contributed by atoms with van der Waals surface area (Å²) in [5, 5.41) is 0. The molecule has 3 nitrogen and oxygen atoms in total. The zero-order valence-electron chi connectivity index (χ0n) is 19.4. The third kappa shape index (κ3) is 3.60. The van der Waals surface area contributed by atoms with Crippen molar-refractivity contribution in [1.82, 2.24) is 4.90 Å². The number of fused-ring (bicyclic) bond motifs is 1. The molecule has 1 amide bonds. The van der Waals surface area contributed by atoms with Gasteiger partial charge in [0, 0.05) is 18.0 Å². The van der Waals surface area contributed by atoms with Crippen LogP contribution in [0.15, 0.2) is 72.8 Å². The molecule has 1 heterocycles. The van der Waals surface area contributed by atoms with E-state index in [0.717, 1.165) is 42.5 Å². The number of amides is 1. The quantitative estimate of drug-likeness (QED) is 0.430. The van der Waals surface area contributed by atoms with Crippen molar-refractivity contribution in [3.63, 3.8) is 0 Å². The number of carbonyl (C=O) groups is 1. The van der Waals surface area contributed by atoms with Gasteiger partial charge in [0.2, 0.25) is 0 Å². The van der Waals surface area contributed by atoms with Crippen molar-refractivity contribution in [2.75, 3.05) is 6.54 Å². The van der Waals surface area contributed by atoms with Gasteiger partial charge in [0.15, 0.2) is 0 Å². The summed E-state index contributed by atoms with van der Waals surface area (Å²) in [4.78, 5) is 15.2. The highest BCUT2D eigenvalue weighted by Crippen LogP contribution is 2.56. The normalized spacial score (nSPS) is 25.3. The molecule has 0 radical (unpaired) electrons. The molecule has 34 heavy (non-hydrogen) atoms. The summed E-state index contributed by atoms with van der Waals surface area (Å²) in [6.07, 6.45) is 6.48. The maximum atomic E-state index is 13.5. The molecule has 174 valence electrons. The summed E-state index contributed by atoms with van der Waals surface area (Å²) < 4.78 is 19.2. The molecule has 3 atom stereocenters. The van der Waals surface area contributed by atoms with E-state index in [2.05, 4.69) is 18.2 Å². The van der Waals surface area contributed by atoms with Crippen LogP contribution < -0.4 is 0 Å². The highest BCUT2D eigenvalue weighted by molar-refractivity contribution is 5.70. The zero-order chi connectivity index (χ0) is 23.1. The topological polar surface area (TPSA) is 29.5 Å². The lowest BCUT2D eigenvalue weighted by molar-refractivity contribution is -0.0136. The van der Waals surface area contributed by atoms with Crippen molar-refractivity contribution in [3.8, 4) is 11.1 Å². The first kappa shape index (κ1) is 21.4. The molecule has 0 N–H and O–H groups in total. The van der Waals surface area contributed by atoms with Crippen LogP contribution in [-0.4, -0.2) is 23.6 Å².